The number of hydrogen-bond donors (Lipinski definition) is 0. The van der Waals surface area contributed by atoms with Gasteiger partial charge in [-0.05, 0) is 0 Å². The van der Waals surface area contributed by atoms with Gasteiger partial charge < -0.3 is 0 Å². The quantitative estimate of drug-likeness (QED) is 0.157. The van der Waals surface area contributed by atoms with E-state index in [0.29, 0.717) is 0 Å². The molecule has 0 aliphatic heterocycles. The number of unbranched alkanes of at least 4 members (excludes halogenated alkanes) is 3. The van der Waals surface area contributed by atoms with Crippen LogP contribution in [0.4, 0.5) is 48.3 Å². The molecule has 12 heteroatoms. The van der Waals surface area contributed by atoms with E-state index in [-0.39, 0.29) is 38.5 Å². The van der Waals surface area contributed by atoms with Crippen LogP contribution in [0.25, 0.3) is 0 Å². The van der Waals surface area contributed by atoms with Gasteiger partial charge in [0.2, 0.25) is 0 Å². The maximum atomic E-state index is 15.1. The third-order valence-corrected chi connectivity index (χ3v) is 21.2. The standard InChI is InChI=1S/C5F11.3C4H9.Sn/c6-1(7)2(8,9)3(10,11)4(12,13)5(14,15)16;3*1-3-4-2;/h;3*1,3-4H2,2H3;. The molecule has 0 bridgehead atoms. The van der Waals surface area contributed by atoms with Crippen molar-refractivity contribution in [2.75, 3.05) is 0 Å². The fraction of sp³-hybridized carbons (Fsp3) is 1.00. The summed E-state index contributed by atoms with van der Waals surface area (Å²) < 4.78 is 143. The van der Waals surface area contributed by atoms with Gasteiger partial charge in [0, 0.05) is 0 Å². The molecule has 0 aromatic rings. The van der Waals surface area contributed by atoms with Crippen LogP contribution >= 0.6 is 0 Å². The van der Waals surface area contributed by atoms with E-state index >= 15 is 8.78 Å². The summed E-state index contributed by atoms with van der Waals surface area (Å²) in [6, 6.07) is 0. The van der Waals surface area contributed by atoms with E-state index in [4.69, 9.17) is 0 Å². The van der Waals surface area contributed by atoms with E-state index in [2.05, 4.69) is 0 Å². The van der Waals surface area contributed by atoms with Crippen molar-refractivity contribution in [1.82, 2.24) is 0 Å². The molecule has 29 heavy (non-hydrogen) atoms. The SMILES string of the molecule is CCC[CH2][Sn]([CH2]CCC)([CH2]CCC)[C](F)(F)C(F)(F)C(F)(F)C(F)(F)C(F)(F)F. The number of rotatable bonds is 13. The monoisotopic (exact) mass is 560 g/mol. The zero-order chi connectivity index (χ0) is 23.4. The Morgan fingerprint density at radius 1 is 0.483 bits per heavy atom. The molecule has 0 atom stereocenters. The van der Waals surface area contributed by atoms with E-state index in [1.807, 2.05) is 0 Å². The number of halogens is 11. The second-order valence-corrected chi connectivity index (χ2v) is 20.8. The Labute approximate surface area is 167 Å². The van der Waals surface area contributed by atoms with Crippen LogP contribution in [0.15, 0.2) is 0 Å². The Morgan fingerprint density at radius 2 is 0.793 bits per heavy atom. The first-order chi connectivity index (χ1) is 12.9. The fourth-order valence-corrected chi connectivity index (χ4v) is 19.3. The van der Waals surface area contributed by atoms with Crippen LogP contribution in [-0.2, 0) is 0 Å². The van der Waals surface area contributed by atoms with Gasteiger partial charge in [-0.15, -0.1) is 0 Å². The van der Waals surface area contributed by atoms with Crippen LogP contribution < -0.4 is 0 Å². The van der Waals surface area contributed by atoms with Gasteiger partial charge in [-0.1, -0.05) is 0 Å². The fourth-order valence-electron chi connectivity index (χ4n) is 3.30. The van der Waals surface area contributed by atoms with Gasteiger partial charge in [0.1, 0.15) is 0 Å². The molecule has 176 valence electrons. The predicted octanol–water partition coefficient (Wildman–Crippen LogP) is 8.48. The molecular formula is C17H27F11Sn. The van der Waals surface area contributed by atoms with Gasteiger partial charge in [0.15, 0.2) is 0 Å². The third kappa shape index (κ3) is 5.27. The predicted molar refractivity (Wildman–Crippen MR) is 90.7 cm³/mol. The van der Waals surface area contributed by atoms with E-state index in [1.54, 1.807) is 20.8 Å². The Balaban J connectivity index is 6.57. The minimum absolute atomic E-state index is 0.00356. The molecule has 0 amide bonds. The topological polar surface area (TPSA) is 0 Å². The molecule has 0 aromatic carbocycles. The van der Waals surface area contributed by atoms with Crippen molar-refractivity contribution in [1.29, 1.82) is 0 Å². The van der Waals surface area contributed by atoms with Crippen molar-refractivity contribution in [2.24, 2.45) is 0 Å². The molecule has 0 fully saturated rings. The number of hydrogen-bond acceptors (Lipinski definition) is 0. The zero-order valence-electron chi connectivity index (χ0n) is 16.5. The summed E-state index contributed by atoms with van der Waals surface area (Å²) in [7, 11) is 0. The second kappa shape index (κ2) is 10.1. The first-order valence-electron chi connectivity index (χ1n) is 9.51. The van der Waals surface area contributed by atoms with Crippen LogP contribution in [-0.4, -0.2) is 46.3 Å². The second-order valence-electron chi connectivity index (χ2n) is 7.39. The average molecular weight is 559 g/mol. The first-order valence-corrected chi connectivity index (χ1v) is 17.0. The van der Waals surface area contributed by atoms with E-state index in [9.17, 15) is 39.5 Å². The Bertz CT molecular complexity index is 474. The average Bonchev–Trinajstić information content (AvgIpc) is 2.59. The van der Waals surface area contributed by atoms with Crippen molar-refractivity contribution >= 4 is 18.4 Å². The van der Waals surface area contributed by atoms with Gasteiger partial charge in [0.05, 0.1) is 0 Å². The molecule has 0 radical (unpaired) electrons. The Kier molecular flexibility index (Phi) is 10.1. The van der Waals surface area contributed by atoms with Crippen LogP contribution in [0.2, 0.25) is 13.3 Å². The van der Waals surface area contributed by atoms with Crippen molar-refractivity contribution < 1.29 is 48.3 Å². The summed E-state index contributed by atoms with van der Waals surface area (Å²) in [6.45, 7) is 4.66. The molecule has 0 aliphatic carbocycles. The zero-order valence-corrected chi connectivity index (χ0v) is 19.4. The summed E-state index contributed by atoms with van der Waals surface area (Å²) in [4.78, 5) is 0. The van der Waals surface area contributed by atoms with Gasteiger partial charge in [-0.25, -0.2) is 0 Å². The van der Waals surface area contributed by atoms with E-state index < -0.39 is 59.6 Å². The van der Waals surface area contributed by atoms with Crippen molar-refractivity contribution in [3.05, 3.63) is 0 Å². The molecule has 0 saturated carbocycles. The maximum absolute atomic E-state index is 15.1. The van der Waals surface area contributed by atoms with Crippen LogP contribution in [0.3, 0.4) is 0 Å². The summed E-state index contributed by atoms with van der Waals surface area (Å²) >= 11 is -5.71. The van der Waals surface area contributed by atoms with Gasteiger partial charge in [-0.2, -0.15) is 0 Å². The van der Waals surface area contributed by atoms with Gasteiger partial charge >= 0.3 is 167 Å². The summed E-state index contributed by atoms with van der Waals surface area (Å²) in [5.41, 5.74) is 0. The Hall–Kier alpha value is 0.0287. The van der Waals surface area contributed by atoms with Crippen LogP contribution in [0.5, 0.6) is 0 Å². The summed E-state index contributed by atoms with van der Waals surface area (Å²) in [5, 5.41) is 0. The molecule has 0 saturated heterocycles. The molecule has 0 nitrogen and oxygen atoms in total. The number of alkyl halides is 11. The van der Waals surface area contributed by atoms with Crippen LogP contribution in [0, 0.1) is 0 Å². The van der Waals surface area contributed by atoms with Crippen molar-refractivity contribution in [2.45, 2.75) is 100 Å². The molecule has 0 rings (SSSR count). The molecule has 0 N–H and O–H groups in total. The third-order valence-electron chi connectivity index (χ3n) is 5.23. The van der Waals surface area contributed by atoms with E-state index in [1.165, 1.54) is 0 Å². The first kappa shape index (κ1) is 29.0. The summed E-state index contributed by atoms with van der Waals surface area (Å²) in [6.07, 6.45) is -6.30. The van der Waals surface area contributed by atoms with Crippen LogP contribution in [0.1, 0.15) is 59.3 Å². The molecule has 0 unspecified atom stereocenters. The molecular weight excluding hydrogens is 532 g/mol. The minimum atomic E-state index is -7.30. The van der Waals surface area contributed by atoms with Gasteiger partial charge in [0.25, 0.3) is 0 Å². The normalized spacial score (nSPS) is 15.1. The van der Waals surface area contributed by atoms with Crippen molar-refractivity contribution in [3.63, 3.8) is 0 Å². The molecule has 0 aromatic heterocycles. The molecule has 0 aliphatic rings. The molecule has 0 spiro atoms. The molecule has 0 heterocycles. The van der Waals surface area contributed by atoms with Crippen molar-refractivity contribution in [3.8, 4) is 0 Å². The Morgan fingerprint density at radius 3 is 1.03 bits per heavy atom. The van der Waals surface area contributed by atoms with Gasteiger partial charge in [-0.3, -0.25) is 0 Å². The van der Waals surface area contributed by atoms with E-state index in [0.717, 1.165) is 0 Å². The summed E-state index contributed by atoms with van der Waals surface area (Å²) in [5.74, 6) is -21.4.